The average Bonchev–Trinajstić information content (AvgIpc) is 2.73. The zero-order valence-electron chi connectivity index (χ0n) is 17.9. The van der Waals surface area contributed by atoms with Crippen LogP contribution in [0.5, 0.6) is 0 Å². The van der Waals surface area contributed by atoms with Gasteiger partial charge in [0.05, 0.1) is 19.1 Å². The van der Waals surface area contributed by atoms with Gasteiger partial charge in [0.1, 0.15) is 18.1 Å². The van der Waals surface area contributed by atoms with Crippen molar-refractivity contribution in [2.24, 2.45) is 11.5 Å². The molecule has 0 aliphatic heterocycles. The minimum atomic E-state index is -1.72. The highest BCUT2D eigenvalue weighted by Crippen LogP contribution is 2.05. The van der Waals surface area contributed by atoms with Crippen LogP contribution in [-0.2, 0) is 28.8 Å². The minimum absolute atomic E-state index is 0.0518. The second-order valence-electron chi connectivity index (χ2n) is 7.13. The van der Waals surface area contributed by atoms with Crippen LogP contribution in [-0.4, -0.2) is 93.4 Å². The molecule has 0 radical (unpaired) electrons. The molecule has 0 fully saturated rings. The zero-order valence-corrected chi connectivity index (χ0v) is 17.9. The van der Waals surface area contributed by atoms with Gasteiger partial charge in [-0.15, -0.1) is 0 Å². The van der Waals surface area contributed by atoms with Gasteiger partial charge in [0.25, 0.3) is 0 Å². The molecular weight excluding hydrogens is 446 g/mol. The molecular formula is C18H31N5O10. The van der Waals surface area contributed by atoms with Crippen molar-refractivity contribution in [1.29, 1.82) is 0 Å². The molecule has 0 aliphatic rings. The quantitative estimate of drug-likeness (QED) is 0.0916. The molecule has 15 heteroatoms. The number of aliphatic hydroxyl groups is 1. The number of carboxylic acid groups (broad SMARTS) is 3. The molecule has 3 amide bonds. The van der Waals surface area contributed by atoms with E-state index in [1.165, 1.54) is 0 Å². The smallest absolute Gasteiger partial charge is 0.328 e. The Hall–Kier alpha value is -3.30. The van der Waals surface area contributed by atoms with E-state index in [0.717, 1.165) is 0 Å². The maximum Gasteiger partial charge on any atom is 0.328 e. The Labute approximate surface area is 188 Å². The van der Waals surface area contributed by atoms with Gasteiger partial charge in [-0.25, -0.2) is 4.79 Å². The Morgan fingerprint density at radius 1 is 0.727 bits per heavy atom. The fourth-order valence-electron chi connectivity index (χ4n) is 2.56. The summed E-state index contributed by atoms with van der Waals surface area (Å²) in [4.78, 5) is 70.0. The van der Waals surface area contributed by atoms with Crippen LogP contribution in [0.1, 0.15) is 38.5 Å². The number of hydrogen-bond acceptors (Lipinski definition) is 9. The molecule has 0 aromatic heterocycles. The first-order valence-electron chi connectivity index (χ1n) is 10.1. The lowest BCUT2D eigenvalue weighted by Gasteiger charge is -2.24. The molecule has 188 valence electrons. The van der Waals surface area contributed by atoms with E-state index in [1.807, 2.05) is 5.32 Å². The SMILES string of the molecule is NCCCCC(NC(=O)C(N)CCC(=O)O)C(=O)NC(CC(=O)O)C(=O)NC(CO)C(=O)O. The maximum atomic E-state index is 12.7. The fraction of sp³-hybridized carbons (Fsp3) is 0.667. The summed E-state index contributed by atoms with van der Waals surface area (Å²) in [7, 11) is 0. The van der Waals surface area contributed by atoms with E-state index in [9.17, 15) is 28.8 Å². The van der Waals surface area contributed by atoms with Gasteiger partial charge in [-0.05, 0) is 32.2 Å². The second kappa shape index (κ2) is 15.5. The first-order chi connectivity index (χ1) is 15.4. The van der Waals surface area contributed by atoms with Gasteiger partial charge >= 0.3 is 17.9 Å². The Bertz CT molecular complexity index is 717. The molecule has 33 heavy (non-hydrogen) atoms. The molecule has 0 heterocycles. The van der Waals surface area contributed by atoms with Crippen molar-refractivity contribution in [2.45, 2.75) is 62.7 Å². The van der Waals surface area contributed by atoms with Crippen LogP contribution in [0.4, 0.5) is 0 Å². The standard InChI is InChI=1S/C18H31N5O10/c19-6-2-1-3-10(21-15(29)9(20)4-5-13(25)26)16(30)22-11(7-14(27)28)17(31)23-12(8-24)18(32)33/h9-12,24H,1-8,19-20H2,(H,21,29)(H,22,30)(H,23,31)(H,25,26)(H,27,28)(H,32,33). The van der Waals surface area contributed by atoms with Gasteiger partial charge in [-0.1, -0.05) is 0 Å². The van der Waals surface area contributed by atoms with Gasteiger partial charge in [0.2, 0.25) is 17.7 Å². The van der Waals surface area contributed by atoms with Crippen LogP contribution in [0.2, 0.25) is 0 Å². The molecule has 0 saturated carbocycles. The van der Waals surface area contributed by atoms with Crippen molar-refractivity contribution in [2.75, 3.05) is 13.2 Å². The van der Waals surface area contributed by atoms with Gasteiger partial charge < -0.3 is 47.8 Å². The van der Waals surface area contributed by atoms with Gasteiger partial charge in [0, 0.05) is 6.42 Å². The summed E-state index contributed by atoms with van der Waals surface area (Å²) in [5.41, 5.74) is 11.1. The van der Waals surface area contributed by atoms with E-state index in [1.54, 1.807) is 0 Å². The van der Waals surface area contributed by atoms with E-state index >= 15 is 0 Å². The fourth-order valence-corrected chi connectivity index (χ4v) is 2.56. The zero-order chi connectivity index (χ0) is 25.6. The molecule has 15 nitrogen and oxygen atoms in total. The van der Waals surface area contributed by atoms with Crippen molar-refractivity contribution in [3.63, 3.8) is 0 Å². The predicted molar refractivity (Wildman–Crippen MR) is 111 cm³/mol. The highest BCUT2D eigenvalue weighted by Gasteiger charge is 2.31. The first kappa shape index (κ1) is 29.7. The molecule has 4 atom stereocenters. The van der Waals surface area contributed by atoms with Gasteiger partial charge in [-0.3, -0.25) is 24.0 Å². The Morgan fingerprint density at radius 2 is 1.27 bits per heavy atom. The Balaban J connectivity index is 5.41. The van der Waals surface area contributed by atoms with Crippen LogP contribution < -0.4 is 27.4 Å². The minimum Gasteiger partial charge on any atom is -0.481 e. The van der Waals surface area contributed by atoms with Crippen LogP contribution in [0.3, 0.4) is 0 Å². The third-order valence-electron chi connectivity index (χ3n) is 4.39. The lowest BCUT2D eigenvalue weighted by atomic mass is 10.1. The lowest BCUT2D eigenvalue weighted by Crippen LogP contribution is -2.57. The average molecular weight is 477 g/mol. The summed E-state index contributed by atoms with van der Waals surface area (Å²) < 4.78 is 0. The molecule has 0 spiro atoms. The normalized spacial score (nSPS) is 14.3. The van der Waals surface area contributed by atoms with E-state index in [-0.39, 0.29) is 19.3 Å². The number of amides is 3. The largest absolute Gasteiger partial charge is 0.481 e. The summed E-state index contributed by atoms with van der Waals surface area (Å²) in [5.74, 6) is -7.16. The second-order valence-corrected chi connectivity index (χ2v) is 7.13. The van der Waals surface area contributed by atoms with E-state index in [0.29, 0.717) is 19.4 Å². The number of aliphatic hydroxyl groups excluding tert-OH is 1. The monoisotopic (exact) mass is 477 g/mol. The summed E-state index contributed by atoms with van der Waals surface area (Å²) in [6.45, 7) is -0.678. The van der Waals surface area contributed by atoms with E-state index < -0.39 is 72.8 Å². The topological polar surface area (TPSA) is 271 Å². The van der Waals surface area contributed by atoms with Crippen molar-refractivity contribution < 1.29 is 49.2 Å². The third-order valence-corrected chi connectivity index (χ3v) is 4.39. The number of hydrogen-bond donors (Lipinski definition) is 9. The Kier molecular flexibility index (Phi) is 13.9. The number of nitrogens with two attached hydrogens (primary N) is 2. The van der Waals surface area contributed by atoms with Crippen molar-refractivity contribution >= 4 is 35.6 Å². The van der Waals surface area contributed by atoms with Crippen LogP contribution in [0.25, 0.3) is 0 Å². The predicted octanol–water partition coefficient (Wildman–Crippen LogP) is -3.69. The summed E-state index contributed by atoms with van der Waals surface area (Å²) in [5, 5.41) is 42.1. The van der Waals surface area contributed by atoms with Crippen molar-refractivity contribution in [1.82, 2.24) is 16.0 Å². The molecule has 0 aliphatic carbocycles. The molecule has 0 saturated heterocycles. The van der Waals surface area contributed by atoms with E-state index in [4.69, 9.17) is 31.9 Å². The third kappa shape index (κ3) is 12.4. The molecule has 0 aromatic rings. The number of rotatable bonds is 17. The van der Waals surface area contributed by atoms with Gasteiger partial charge in [0.15, 0.2) is 0 Å². The highest BCUT2D eigenvalue weighted by molar-refractivity contribution is 5.95. The lowest BCUT2D eigenvalue weighted by molar-refractivity contribution is -0.144. The number of carboxylic acids is 3. The number of unbranched alkanes of at least 4 members (excludes halogenated alkanes) is 1. The maximum absolute atomic E-state index is 12.7. The number of aliphatic carboxylic acids is 3. The number of carbonyl (C=O) groups excluding carboxylic acids is 3. The van der Waals surface area contributed by atoms with Gasteiger partial charge in [-0.2, -0.15) is 0 Å². The van der Waals surface area contributed by atoms with Crippen LogP contribution in [0.15, 0.2) is 0 Å². The van der Waals surface area contributed by atoms with Crippen LogP contribution >= 0.6 is 0 Å². The first-order valence-corrected chi connectivity index (χ1v) is 10.1. The number of nitrogens with one attached hydrogen (secondary N) is 3. The molecule has 0 aromatic carbocycles. The highest BCUT2D eigenvalue weighted by atomic mass is 16.4. The van der Waals surface area contributed by atoms with E-state index in [2.05, 4.69) is 10.6 Å². The molecule has 4 unspecified atom stereocenters. The molecule has 0 bridgehead atoms. The van der Waals surface area contributed by atoms with Crippen LogP contribution in [0, 0.1) is 0 Å². The molecule has 11 N–H and O–H groups in total. The Morgan fingerprint density at radius 3 is 1.76 bits per heavy atom. The summed E-state index contributed by atoms with van der Waals surface area (Å²) in [6.07, 6.45) is -0.566. The summed E-state index contributed by atoms with van der Waals surface area (Å²) >= 11 is 0. The number of carbonyl (C=O) groups is 6. The summed E-state index contributed by atoms with van der Waals surface area (Å²) in [6, 6.07) is -5.92. The van der Waals surface area contributed by atoms with Crippen molar-refractivity contribution in [3.05, 3.63) is 0 Å². The molecule has 0 rings (SSSR count). The van der Waals surface area contributed by atoms with Crippen molar-refractivity contribution in [3.8, 4) is 0 Å².